The average molecular weight is 358 g/mol. The predicted molar refractivity (Wildman–Crippen MR) is 71.4 cm³/mol. The predicted octanol–water partition coefficient (Wildman–Crippen LogP) is -5.67. The third-order valence-corrected chi connectivity index (χ3v) is 3.61. The first kappa shape index (κ1) is 21.1. The normalized spacial score (nSPS) is 35.9. The lowest BCUT2D eigenvalue weighted by molar-refractivity contribution is -0.318. The molecule has 0 saturated carbocycles. The number of ether oxygens (including phenoxy) is 2. The van der Waals surface area contributed by atoms with Crippen molar-refractivity contribution in [3.05, 3.63) is 0 Å². The van der Waals surface area contributed by atoms with E-state index >= 15 is 0 Å². The monoisotopic (exact) mass is 358 g/mol. The molecule has 0 amide bonds. The first-order chi connectivity index (χ1) is 11.1. The number of carbonyl (C=O) groups is 1. The molecule has 12 nitrogen and oxygen atoms in total. The second kappa shape index (κ2) is 8.96. The van der Waals surface area contributed by atoms with Gasteiger partial charge in [0.05, 0.1) is 13.2 Å². The third-order valence-electron chi connectivity index (χ3n) is 3.61. The lowest BCUT2D eigenvalue weighted by atomic mass is 9.99. The smallest absolute Gasteiger partial charge is 0.335 e. The van der Waals surface area contributed by atoms with Crippen LogP contribution < -0.4 is 0 Å². The van der Waals surface area contributed by atoms with Gasteiger partial charge in [-0.3, -0.25) is 0 Å². The summed E-state index contributed by atoms with van der Waals surface area (Å²) < 4.78 is 9.76. The maximum Gasteiger partial charge on any atom is 0.335 e. The number of hydrogen-bond donors (Lipinski definition) is 9. The fourth-order valence-electron chi connectivity index (χ4n) is 2.12. The number of aliphatic carboxylic acids is 1. The maximum atomic E-state index is 11.2. The molecule has 24 heavy (non-hydrogen) atoms. The Morgan fingerprint density at radius 3 is 2.04 bits per heavy atom. The van der Waals surface area contributed by atoms with E-state index in [0.717, 1.165) is 0 Å². The molecular formula is C12H22O12. The largest absolute Gasteiger partial charge is 0.479 e. The molecule has 0 radical (unpaired) electrons. The van der Waals surface area contributed by atoms with Gasteiger partial charge in [-0.05, 0) is 0 Å². The van der Waals surface area contributed by atoms with Crippen molar-refractivity contribution >= 4 is 5.97 Å². The van der Waals surface area contributed by atoms with Gasteiger partial charge in [-0.2, -0.15) is 0 Å². The van der Waals surface area contributed by atoms with Gasteiger partial charge in [-0.25, -0.2) is 4.79 Å². The standard InChI is InChI=1S/C12H22O12/c13-1-3(15)5(16)8(19)10(11(21)22)24-12-9(20)7(18)6(17)4(2-14)23-12/h3-10,12-20H,1-2H2,(H,21,22)/t3-,4-,5-,6-,7+,8+,9-,10+,12?/m1/s1. The van der Waals surface area contributed by atoms with Crippen LogP contribution in [0.25, 0.3) is 0 Å². The summed E-state index contributed by atoms with van der Waals surface area (Å²) in [5, 5.41) is 84.3. The molecule has 0 aromatic rings. The molecule has 0 spiro atoms. The molecule has 0 aromatic heterocycles. The van der Waals surface area contributed by atoms with Crippen LogP contribution in [-0.2, 0) is 14.3 Å². The van der Waals surface area contributed by atoms with E-state index < -0.39 is 74.3 Å². The summed E-state index contributed by atoms with van der Waals surface area (Å²) in [7, 11) is 0. The molecule has 0 bridgehead atoms. The van der Waals surface area contributed by atoms with Crippen LogP contribution in [0.2, 0.25) is 0 Å². The van der Waals surface area contributed by atoms with Crippen LogP contribution in [-0.4, -0.2) is 120 Å². The Bertz CT molecular complexity index is 403. The molecule has 9 atom stereocenters. The Morgan fingerprint density at radius 2 is 1.58 bits per heavy atom. The molecule has 1 unspecified atom stereocenters. The van der Waals surface area contributed by atoms with Crippen LogP contribution in [0.4, 0.5) is 0 Å². The summed E-state index contributed by atoms with van der Waals surface area (Å²) in [5.41, 5.74) is 0. The van der Waals surface area contributed by atoms with E-state index in [-0.39, 0.29) is 0 Å². The van der Waals surface area contributed by atoms with Crippen molar-refractivity contribution in [3.8, 4) is 0 Å². The Hall–Kier alpha value is -0.930. The molecule has 1 aliphatic rings. The lowest BCUT2D eigenvalue weighted by Gasteiger charge is -2.41. The first-order valence-corrected chi connectivity index (χ1v) is 6.99. The Balaban J connectivity index is 2.89. The summed E-state index contributed by atoms with van der Waals surface area (Å²) in [6.07, 6.45) is -17.1. The van der Waals surface area contributed by atoms with Crippen LogP contribution in [0, 0.1) is 0 Å². The minimum Gasteiger partial charge on any atom is -0.479 e. The van der Waals surface area contributed by atoms with Gasteiger partial charge in [0.15, 0.2) is 12.4 Å². The van der Waals surface area contributed by atoms with Crippen molar-refractivity contribution < 1.29 is 60.2 Å². The van der Waals surface area contributed by atoms with E-state index in [4.69, 9.17) is 24.8 Å². The van der Waals surface area contributed by atoms with Gasteiger partial charge in [0.1, 0.15) is 42.7 Å². The van der Waals surface area contributed by atoms with Crippen LogP contribution in [0.15, 0.2) is 0 Å². The summed E-state index contributed by atoms with van der Waals surface area (Å²) in [5.74, 6) is -1.80. The van der Waals surface area contributed by atoms with Gasteiger partial charge < -0.3 is 55.4 Å². The minimum atomic E-state index is -2.22. The second-order valence-electron chi connectivity index (χ2n) is 5.32. The second-order valence-corrected chi connectivity index (χ2v) is 5.32. The highest BCUT2D eigenvalue weighted by Crippen LogP contribution is 2.24. The van der Waals surface area contributed by atoms with Gasteiger partial charge in [0.2, 0.25) is 0 Å². The first-order valence-electron chi connectivity index (χ1n) is 6.99. The molecule has 0 aromatic carbocycles. The summed E-state index contributed by atoms with van der Waals surface area (Å²) in [6, 6.07) is 0. The van der Waals surface area contributed by atoms with Crippen molar-refractivity contribution in [2.75, 3.05) is 13.2 Å². The highest BCUT2D eigenvalue weighted by Gasteiger charge is 2.47. The Kier molecular flexibility index (Phi) is 7.88. The van der Waals surface area contributed by atoms with E-state index in [1.807, 2.05) is 0 Å². The van der Waals surface area contributed by atoms with Crippen molar-refractivity contribution in [3.63, 3.8) is 0 Å². The van der Waals surface area contributed by atoms with Crippen molar-refractivity contribution in [2.24, 2.45) is 0 Å². The molecule has 142 valence electrons. The zero-order valence-corrected chi connectivity index (χ0v) is 12.4. The van der Waals surface area contributed by atoms with E-state index in [1.165, 1.54) is 0 Å². The van der Waals surface area contributed by atoms with Crippen LogP contribution >= 0.6 is 0 Å². The molecule has 1 fully saturated rings. The number of aliphatic hydroxyl groups is 8. The SMILES string of the molecule is O=C(O)[C@@H](OC1O[C@H](CO)[C@@H](O)[C@H](O)[C@H]1O)[C@@H](O)[C@H](O)[C@H](O)CO. The highest BCUT2D eigenvalue weighted by molar-refractivity contribution is 5.73. The molecule has 0 aliphatic carbocycles. The fraction of sp³-hybridized carbons (Fsp3) is 0.917. The van der Waals surface area contributed by atoms with Crippen molar-refractivity contribution in [2.45, 2.75) is 55.1 Å². The van der Waals surface area contributed by atoms with E-state index in [0.29, 0.717) is 0 Å². The topological polar surface area (TPSA) is 218 Å². The van der Waals surface area contributed by atoms with Gasteiger partial charge >= 0.3 is 5.97 Å². The number of carboxylic acid groups (broad SMARTS) is 1. The minimum absolute atomic E-state index is 0.781. The molecular weight excluding hydrogens is 336 g/mol. The summed E-state index contributed by atoms with van der Waals surface area (Å²) >= 11 is 0. The van der Waals surface area contributed by atoms with Gasteiger partial charge in [0.25, 0.3) is 0 Å². The number of aliphatic hydroxyl groups excluding tert-OH is 8. The van der Waals surface area contributed by atoms with Gasteiger partial charge in [0, 0.05) is 0 Å². The summed E-state index contributed by atoms with van der Waals surface area (Å²) in [4.78, 5) is 11.2. The zero-order chi connectivity index (χ0) is 18.6. The fourth-order valence-corrected chi connectivity index (χ4v) is 2.12. The van der Waals surface area contributed by atoms with Crippen LogP contribution in [0.3, 0.4) is 0 Å². The molecule has 12 heteroatoms. The van der Waals surface area contributed by atoms with E-state index in [2.05, 4.69) is 0 Å². The lowest BCUT2D eigenvalue weighted by Crippen LogP contribution is -2.61. The van der Waals surface area contributed by atoms with Gasteiger partial charge in [-0.15, -0.1) is 0 Å². The molecule has 9 N–H and O–H groups in total. The van der Waals surface area contributed by atoms with Crippen molar-refractivity contribution in [1.29, 1.82) is 0 Å². The number of rotatable bonds is 8. The zero-order valence-electron chi connectivity index (χ0n) is 12.4. The van der Waals surface area contributed by atoms with E-state index in [1.54, 1.807) is 0 Å². The molecule has 1 aliphatic heterocycles. The van der Waals surface area contributed by atoms with Crippen LogP contribution in [0.5, 0.6) is 0 Å². The van der Waals surface area contributed by atoms with Crippen LogP contribution in [0.1, 0.15) is 0 Å². The maximum absolute atomic E-state index is 11.2. The van der Waals surface area contributed by atoms with Gasteiger partial charge in [-0.1, -0.05) is 0 Å². The Morgan fingerprint density at radius 1 is 1.00 bits per heavy atom. The number of carboxylic acids is 1. The summed E-state index contributed by atoms with van der Waals surface area (Å²) in [6.45, 7) is -1.75. The quantitative estimate of drug-likeness (QED) is 0.198. The average Bonchev–Trinajstić information content (AvgIpc) is 2.56. The Labute approximate surface area is 135 Å². The molecule has 1 rings (SSSR count). The third kappa shape index (κ3) is 4.58. The molecule has 1 heterocycles. The highest BCUT2D eigenvalue weighted by atomic mass is 16.7. The van der Waals surface area contributed by atoms with E-state index in [9.17, 15) is 35.4 Å². The van der Waals surface area contributed by atoms with Crippen molar-refractivity contribution in [1.82, 2.24) is 0 Å². The molecule has 1 saturated heterocycles. The number of hydrogen-bond acceptors (Lipinski definition) is 11.